The number of nitrogens with zero attached hydrogens (tertiary/aromatic N) is 1. The minimum atomic E-state index is 0.640. The Balaban J connectivity index is 2.07. The minimum absolute atomic E-state index is 0.640. The Morgan fingerprint density at radius 2 is 2.18 bits per heavy atom. The van der Waals surface area contributed by atoms with Gasteiger partial charge in [0, 0.05) is 19.1 Å². The molecule has 2 N–H and O–H groups in total. The summed E-state index contributed by atoms with van der Waals surface area (Å²) in [4.78, 5) is 2.61. The van der Waals surface area contributed by atoms with Crippen LogP contribution >= 0.6 is 0 Å². The van der Waals surface area contributed by atoms with Crippen molar-refractivity contribution < 1.29 is 0 Å². The van der Waals surface area contributed by atoms with E-state index in [9.17, 15) is 0 Å². The fraction of sp³-hybridized carbons (Fsp3) is 0.600. The Kier molecular flexibility index (Phi) is 4.19. The fourth-order valence-corrected chi connectivity index (χ4v) is 2.67. The summed E-state index contributed by atoms with van der Waals surface area (Å²) in [7, 11) is 0. The van der Waals surface area contributed by atoms with Gasteiger partial charge >= 0.3 is 0 Å². The summed E-state index contributed by atoms with van der Waals surface area (Å²) >= 11 is 0. The summed E-state index contributed by atoms with van der Waals surface area (Å²) in [5.41, 5.74) is 9.73. The molecular formula is C15H24N2. The third kappa shape index (κ3) is 3.08. The number of piperidine rings is 1. The summed E-state index contributed by atoms with van der Waals surface area (Å²) in [6, 6.07) is 7.37. The number of aryl methyl sites for hydroxylation is 1. The van der Waals surface area contributed by atoms with Gasteiger partial charge in [-0.2, -0.15) is 0 Å². The van der Waals surface area contributed by atoms with Crippen LogP contribution < -0.4 is 5.73 Å². The molecule has 1 heterocycles. The van der Waals surface area contributed by atoms with Gasteiger partial charge in [-0.05, 0) is 49.9 Å². The number of benzene rings is 1. The minimum Gasteiger partial charge on any atom is -0.326 e. The lowest BCUT2D eigenvalue weighted by Crippen LogP contribution is -2.36. The lowest BCUT2D eigenvalue weighted by Gasteiger charge is -2.33. The first kappa shape index (κ1) is 12.6. The van der Waals surface area contributed by atoms with Crippen molar-refractivity contribution in [1.82, 2.24) is 4.90 Å². The molecular weight excluding hydrogens is 208 g/mol. The highest BCUT2D eigenvalue weighted by Crippen LogP contribution is 2.21. The van der Waals surface area contributed by atoms with Crippen molar-refractivity contribution in [3.63, 3.8) is 0 Å². The van der Waals surface area contributed by atoms with Gasteiger partial charge in [-0.15, -0.1) is 0 Å². The molecule has 1 aromatic rings. The second kappa shape index (κ2) is 5.65. The molecule has 1 aliphatic rings. The van der Waals surface area contributed by atoms with Crippen molar-refractivity contribution in [1.29, 1.82) is 0 Å². The van der Waals surface area contributed by atoms with Crippen molar-refractivity contribution in [3.05, 3.63) is 34.9 Å². The molecule has 1 saturated heterocycles. The molecule has 1 unspecified atom stereocenters. The standard InChI is InChI=1S/C15H24N2/c1-12-9-14(10-16)6-7-15(12)11-17-8-4-3-5-13(17)2/h6-7,9,13H,3-5,8,10-11,16H2,1-2H3. The molecule has 0 saturated carbocycles. The average Bonchev–Trinajstić information content (AvgIpc) is 2.34. The van der Waals surface area contributed by atoms with Crippen LogP contribution in [-0.2, 0) is 13.1 Å². The van der Waals surface area contributed by atoms with E-state index in [4.69, 9.17) is 5.73 Å². The summed E-state index contributed by atoms with van der Waals surface area (Å²) < 4.78 is 0. The molecule has 17 heavy (non-hydrogen) atoms. The van der Waals surface area contributed by atoms with Crippen LogP contribution in [-0.4, -0.2) is 17.5 Å². The first-order chi connectivity index (χ1) is 8.20. The molecule has 94 valence electrons. The van der Waals surface area contributed by atoms with Crippen LogP contribution in [0.25, 0.3) is 0 Å². The van der Waals surface area contributed by atoms with Crippen molar-refractivity contribution in [2.45, 2.75) is 52.2 Å². The topological polar surface area (TPSA) is 29.3 Å². The normalized spacial score (nSPS) is 21.7. The smallest absolute Gasteiger partial charge is 0.0239 e. The van der Waals surface area contributed by atoms with Crippen molar-refractivity contribution in [3.8, 4) is 0 Å². The lowest BCUT2D eigenvalue weighted by atomic mass is 10.00. The van der Waals surface area contributed by atoms with Gasteiger partial charge in [-0.3, -0.25) is 4.90 Å². The van der Waals surface area contributed by atoms with Crippen LogP contribution in [0.5, 0.6) is 0 Å². The Labute approximate surface area is 105 Å². The maximum atomic E-state index is 5.66. The summed E-state index contributed by atoms with van der Waals surface area (Å²) in [6.07, 6.45) is 4.09. The highest BCUT2D eigenvalue weighted by Gasteiger charge is 2.18. The predicted molar refractivity (Wildman–Crippen MR) is 72.8 cm³/mol. The first-order valence-corrected chi connectivity index (χ1v) is 6.73. The maximum absolute atomic E-state index is 5.66. The SMILES string of the molecule is Cc1cc(CN)ccc1CN1CCCCC1C. The van der Waals surface area contributed by atoms with Crippen LogP contribution in [0.1, 0.15) is 42.9 Å². The quantitative estimate of drug-likeness (QED) is 0.868. The average molecular weight is 232 g/mol. The number of rotatable bonds is 3. The molecule has 2 rings (SSSR count). The molecule has 1 aliphatic heterocycles. The highest BCUT2D eigenvalue weighted by atomic mass is 15.2. The second-order valence-corrected chi connectivity index (χ2v) is 5.28. The molecule has 2 nitrogen and oxygen atoms in total. The van der Waals surface area contributed by atoms with E-state index in [-0.39, 0.29) is 0 Å². The largest absolute Gasteiger partial charge is 0.326 e. The van der Waals surface area contributed by atoms with Crippen LogP contribution in [0.15, 0.2) is 18.2 Å². The number of nitrogens with two attached hydrogens (primary N) is 1. The van der Waals surface area contributed by atoms with Crippen LogP contribution in [0.4, 0.5) is 0 Å². The molecule has 0 spiro atoms. The van der Waals surface area contributed by atoms with E-state index >= 15 is 0 Å². The van der Waals surface area contributed by atoms with Crippen molar-refractivity contribution >= 4 is 0 Å². The second-order valence-electron chi connectivity index (χ2n) is 5.28. The lowest BCUT2D eigenvalue weighted by molar-refractivity contribution is 0.152. The molecule has 0 radical (unpaired) electrons. The maximum Gasteiger partial charge on any atom is 0.0239 e. The van der Waals surface area contributed by atoms with Crippen LogP contribution in [0, 0.1) is 6.92 Å². The summed E-state index contributed by atoms with van der Waals surface area (Å²) in [6.45, 7) is 7.53. The zero-order chi connectivity index (χ0) is 12.3. The monoisotopic (exact) mass is 232 g/mol. The van der Waals surface area contributed by atoms with E-state index in [0.717, 1.165) is 12.6 Å². The van der Waals surface area contributed by atoms with Gasteiger partial charge < -0.3 is 5.73 Å². The van der Waals surface area contributed by atoms with E-state index in [1.54, 1.807) is 0 Å². The molecule has 0 aliphatic carbocycles. The third-order valence-electron chi connectivity index (χ3n) is 3.96. The van der Waals surface area contributed by atoms with Crippen molar-refractivity contribution in [2.75, 3.05) is 6.54 Å². The van der Waals surface area contributed by atoms with Gasteiger partial charge in [0.2, 0.25) is 0 Å². The van der Waals surface area contributed by atoms with Gasteiger partial charge in [0.1, 0.15) is 0 Å². The van der Waals surface area contributed by atoms with E-state index in [1.165, 1.54) is 42.5 Å². The van der Waals surface area contributed by atoms with Gasteiger partial charge in [0.05, 0.1) is 0 Å². The van der Waals surface area contributed by atoms with E-state index in [1.807, 2.05) is 0 Å². The van der Waals surface area contributed by atoms with E-state index in [0.29, 0.717) is 6.54 Å². The van der Waals surface area contributed by atoms with Crippen molar-refractivity contribution in [2.24, 2.45) is 5.73 Å². The Hall–Kier alpha value is -0.860. The first-order valence-electron chi connectivity index (χ1n) is 6.73. The molecule has 0 bridgehead atoms. The Morgan fingerprint density at radius 1 is 1.35 bits per heavy atom. The fourth-order valence-electron chi connectivity index (χ4n) is 2.67. The Bertz CT molecular complexity index is 373. The summed E-state index contributed by atoms with van der Waals surface area (Å²) in [5.74, 6) is 0. The Morgan fingerprint density at radius 3 is 2.82 bits per heavy atom. The number of hydrogen-bond donors (Lipinski definition) is 1. The van der Waals surface area contributed by atoms with Gasteiger partial charge in [-0.1, -0.05) is 24.6 Å². The van der Waals surface area contributed by atoms with Crippen LogP contribution in [0.2, 0.25) is 0 Å². The highest BCUT2D eigenvalue weighted by molar-refractivity contribution is 5.31. The molecule has 0 amide bonds. The van der Waals surface area contributed by atoms with Gasteiger partial charge in [-0.25, -0.2) is 0 Å². The summed E-state index contributed by atoms with van der Waals surface area (Å²) in [5, 5.41) is 0. The number of hydrogen-bond acceptors (Lipinski definition) is 2. The van der Waals surface area contributed by atoms with Gasteiger partial charge in [0.25, 0.3) is 0 Å². The molecule has 2 heteroatoms. The zero-order valence-electron chi connectivity index (χ0n) is 11.1. The molecule has 0 aromatic heterocycles. The number of likely N-dealkylation sites (tertiary alicyclic amines) is 1. The molecule has 1 atom stereocenters. The third-order valence-corrected chi connectivity index (χ3v) is 3.96. The molecule has 1 fully saturated rings. The predicted octanol–water partition coefficient (Wildman–Crippen LogP) is 2.83. The van der Waals surface area contributed by atoms with E-state index < -0.39 is 0 Å². The zero-order valence-corrected chi connectivity index (χ0v) is 11.1. The van der Waals surface area contributed by atoms with Gasteiger partial charge in [0.15, 0.2) is 0 Å². The molecule has 1 aromatic carbocycles. The van der Waals surface area contributed by atoms with E-state index in [2.05, 4.69) is 36.9 Å². The van der Waals surface area contributed by atoms with Crippen LogP contribution in [0.3, 0.4) is 0 Å².